The zero-order valence-electron chi connectivity index (χ0n) is 21.5. The van der Waals surface area contributed by atoms with E-state index in [0.717, 1.165) is 11.3 Å². The molecule has 3 aromatic rings. The number of allylic oxidation sites excluding steroid dienone is 1. The summed E-state index contributed by atoms with van der Waals surface area (Å²) in [6.45, 7) is 3.99. The summed E-state index contributed by atoms with van der Waals surface area (Å²) in [5.74, 6) is -2.45. The van der Waals surface area contributed by atoms with Crippen molar-refractivity contribution < 1.29 is 28.7 Å². The second-order valence-corrected chi connectivity index (χ2v) is 11.7. The number of thioether (sulfide) groups is 2. The Morgan fingerprint density at radius 1 is 1.36 bits per heavy atom. The third-order valence-electron chi connectivity index (χ3n) is 5.99. The number of nitrogens with one attached hydrogen (secondary N) is 1. The molecule has 5 rings (SSSR count). The molecule has 14 nitrogen and oxygen atoms in total. The summed E-state index contributed by atoms with van der Waals surface area (Å²) in [5, 5.41) is 29.5. The average molecular weight is 632 g/mol. The van der Waals surface area contributed by atoms with Gasteiger partial charge < -0.3 is 21.0 Å². The standard InChI is InChI=1S/C24H22FN9O5S3/c1-2-7-33-24(29-31-32-33)42-10-13-9-40-21-17(20(36)34(21)18(13)22(37)38)28-19(35)16(15-11-41-23(26)27-15)30-39-8-12-3-5-14(25)6-4-12/h2-6,11,17,21H,1,7-10H2,(H2,26,27)(H,28,35)(H,37,38)/b30-16+/t17?,21-/m1/s1. The molecule has 42 heavy (non-hydrogen) atoms. The molecule has 1 unspecified atom stereocenters. The Hall–Kier alpha value is -4.29. The van der Waals surface area contributed by atoms with E-state index in [4.69, 9.17) is 10.6 Å². The minimum Gasteiger partial charge on any atom is -0.477 e. The van der Waals surface area contributed by atoms with Gasteiger partial charge in [-0.2, -0.15) is 0 Å². The molecule has 18 heteroatoms. The molecule has 1 saturated heterocycles. The number of hydrogen-bond acceptors (Lipinski definition) is 13. The van der Waals surface area contributed by atoms with Crippen molar-refractivity contribution >= 4 is 63.5 Å². The van der Waals surface area contributed by atoms with Crippen molar-refractivity contribution in [2.24, 2.45) is 5.16 Å². The van der Waals surface area contributed by atoms with Crippen LogP contribution in [0.25, 0.3) is 0 Å². The Balaban J connectivity index is 1.29. The molecule has 2 aliphatic heterocycles. The number of aliphatic carboxylic acids is 1. The lowest BCUT2D eigenvalue weighted by molar-refractivity contribution is -0.150. The maximum Gasteiger partial charge on any atom is 0.352 e. The Kier molecular flexibility index (Phi) is 8.83. The monoisotopic (exact) mass is 631 g/mol. The highest BCUT2D eigenvalue weighted by atomic mass is 32.2. The molecule has 0 radical (unpaired) electrons. The van der Waals surface area contributed by atoms with Crippen LogP contribution in [0.2, 0.25) is 0 Å². The summed E-state index contributed by atoms with van der Waals surface area (Å²) in [6.07, 6.45) is 1.63. The van der Waals surface area contributed by atoms with E-state index in [0.29, 0.717) is 28.6 Å². The van der Waals surface area contributed by atoms with Crippen LogP contribution in [0.1, 0.15) is 11.3 Å². The fourth-order valence-electron chi connectivity index (χ4n) is 4.05. The number of nitrogens with zero attached hydrogens (tertiary/aromatic N) is 7. The molecule has 0 aliphatic carbocycles. The zero-order chi connectivity index (χ0) is 29.8. The smallest absolute Gasteiger partial charge is 0.352 e. The first-order valence-electron chi connectivity index (χ1n) is 12.1. The first-order valence-corrected chi connectivity index (χ1v) is 15.0. The van der Waals surface area contributed by atoms with Crippen molar-refractivity contribution in [3.63, 3.8) is 0 Å². The second-order valence-electron chi connectivity index (χ2n) is 8.75. The fraction of sp³-hybridized carbons (Fsp3) is 0.250. The van der Waals surface area contributed by atoms with E-state index in [-0.39, 0.29) is 34.6 Å². The number of anilines is 1. The van der Waals surface area contributed by atoms with Crippen molar-refractivity contribution in [3.05, 3.63) is 70.6 Å². The Morgan fingerprint density at radius 3 is 2.83 bits per heavy atom. The molecule has 0 spiro atoms. The van der Waals surface area contributed by atoms with Crippen LogP contribution in [0.4, 0.5) is 9.52 Å². The molecule has 218 valence electrons. The van der Waals surface area contributed by atoms with Crippen LogP contribution in [0.15, 0.2) is 63.9 Å². The van der Waals surface area contributed by atoms with Crippen LogP contribution >= 0.6 is 34.9 Å². The first kappa shape index (κ1) is 29.2. The zero-order valence-corrected chi connectivity index (χ0v) is 24.0. The Bertz CT molecular complexity index is 1590. The van der Waals surface area contributed by atoms with Gasteiger partial charge in [-0.05, 0) is 33.7 Å². The average Bonchev–Trinajstić information content (AvgIpc) is 3.61. The number of rotatable bonds is 12. The van der Waals surface area contributed by atoms with Crippen LogP contribution in [-0.4, -0.2) is 81.6 Å². The van der Waals surface area contributed by atoms with Gasteiger partial charge in [-0.15, -0.1) is 34.8 Å². The van der Waals surface area contributed by atoms with Crippen molar-refractivity contribution in [1.29, 1.82) is 0 Å². The predicted octanol–water partition coefficient (Wildman–Crippen LogP) is 1.49. The van der Waals surface area contributed by atoms with Gasteiger partial charge in [-0.1, -0.05) is 35.1 Å². The Morgan fingerprint density at radius 2 is 2.14 bits per heavy atom. The highest BCUT2D eigenvalue weighted by Gasteiger charge is 2.54. The van der Waals surface area contributed by atoms with Crippen molar-refractivity contribution in [3.8, 4) is 0 Å². The van der Waals surface area contributed by atoms with Crippen LogP contribution in [0.3, 0.4) is 0 Å². The van der Waals surface area contributed by atoms with E-state index in [1.165, 1.54) is 62.8 Å². The van der Waals surface area contributed by atoms with Gasteiger partial charge in [0.05, 0.1) is 6.54 Å². The molecule has 0 saturated carbocycles. The highest BCUT2D eigenvalue weighted by Crippen LogP contribution is 2.41. The van der Waals surface area contributed by atoms with Crippen LogP contribution in [-0.2, 0) is 32.4 Å². The molecule has 1 aromatic carbocycles. The number of benzene rings is 1. The van der Waals surface area contributed by atoms with Crippen LogP contribution in [0, 0.1) is 5.82 Å². The van der Waals surface area contributed by atoms with Gasteiger partial charge in [-0.3, -0.25) is 14.5 Å². The number of fused-ring (bicyclic) bond motifs is 1. The van der Waals surface area contributed by atoms with Gasteiger partial charge in [0.25, 0.3) is 11.8 Å². The number of tetrazole rings is 1. The predicted molar refractivity (Wildman–Crippen MR) is 153 cm³/mol. The minimum atomic E-state index is -1.26. The van der Waals surface area contributed by atoms with E-state index in [1.54, 1.807) is 6.08 Å². The van der Waals surface area contributed by atoms with Gasteiger partial charge in [0, 0.05) is 16.9 Å². The minimum absolute atomic E-state index is 0.0567. The van der Waals surface area contributed by atoms with E-state index < -0.39 is 35.0 Å². The van der Waals surface area contributed by atoms with Crippen LogP contribution < -0.4 is 11.1 Å². The lowest BCUT2D eigenvalue weighted by Crippen LogP contribution is -2.71. The first-order chi connectivity index (χ1) is 20.3. The number of halogens is 1. The number of carbonyl (C=O) groups excluding carboxylic acids is 2. The van der Waals surface area contributed by atoms with E-state index in [9.17, 15) is 23.9 Å². The molecule has 2 amide bonds. The summed E-state index contributed by atoms with van der Waals surface area (Å²) in [4.78, 5) is 49.3. The second kappa shape index (κ2) is 12.7. The number of carboxylic acids is 1. The Labute approximate surface area is 249 Å². The summed E-state index contributed by atoms with van der Waals surface area (Å²) in [7, 11) is 0. The number of thiazole rings is 1. The number of nitrogens with two attached hydrogens (primary N) is 1. The number of oxime groups is 1. The molecule has 4 heterocycles. The van der Waals surface area contributed by atoms with Gasteiger partial charge >= 0.3 is 5.97 Å². The van der Waals surface area contributed by atoms with Gasteiger partial charge in [0.15, 0.2) is 10.8 Å². The molecule has 2 aromatic heterocycles. The molecular weight excluding hydrogens is 610 g/mol. The summed E-state index contributed by atoms with van der Waals surface area (Å²) < 4.78 is 14.7. The number of β-lactam (4-membered cyclic amide) rings is 1. The maximum atomic E-state index is 13.3. The third-order valence-corrected chi connectivity index (χ3v) is 9.05. The van der Waals surface area contributed by atoms with Crippen molar-refractivity contribution in [1.82, 2.24) is 35.4 Å². The van der Waals surface area contributed by atoms with Crippen LogP contribution in [0.5, 0.6) is 0 Å². The van der Waals surface area contributed by atoms with Gasteiger partial charge in [-0.25, -0.2) is 18.9 Å². The number of carboxylic acid groups (broad SMARTS) is 1. The number of nitrogen functional groups attached to an aromatic ring is 1. The number of amides is 2. The topological polar surface area (TPSA) is 191 Å². The van der Waals surface area contributed by atoms with Gasteiger partial charge in [0.1, 0.15) is 35.2 Å². The molecule has 0 bridgehead atoms. The molecule has 4 N–H and O–H groups in total. The third kappa shape index (κ3) is 6.14. The van der Waals surface area contributed by atoms with E-state index >= 15 is 0 Å². The molecular formula is C24H22FN9O5S3. The SMILES string of the molecule is C=CCn1nnnc1SCC1=C(C(=O)O)N2C(=O)C(NC(=O)/C(=N/OCc3ccc(F)cc3)c3csc(N)n3)[C@H]2SC1. The number of hydrogen-bond donors (Lipinski definition) is 3. The lowest BCUT2D eigenvalue weighted by atomic mass is 10.0. The quantitative estimate of drug-likeness (QED) is 0.0859. The number of carbonyl (C=O) groups is 3. The lowest BCUT2D eigenvalue weighted by Gasteiger charge is -2.49. The van der Waals surface area contributed by atoms with E-state index in [1.807, 2.05) is 0 Å². The summed E-state index contributed by atoms with van der Waals surface area (Å²) in [6, 6.07) is 4.55. The van der Waals surface area contributed by atoms with Crippen molar-refractivity contribution in [2.45, 2.75) is 29.7 Å². The van der Waals surface area contributed by atoms with Gasteiger partial charge in [0.2, 0.25) is 5.16 Å². The molecule has 2 atom stereocenters. The summed E-state index contributed by atoms with van der Waals surface area (Å²) in [5.41, 5.74) is 6.65. The van der Waals surface area contributed by atoms with E-state index in [2.05, 4.69) is 37.6 Å². The fourth-order valence-corrected chi connectivity index (χ4v) is 6.96. The summed E-state index contributed by atoms with van der Waals surface area (Å²) >= 11 is 3.65. The van der Waals surface area contributed by atoms with Crippen molar-refractivity contribution in [2.75, 3.05) is 17.2 Å². The normalized spacial score (nSPS) is 18.4. The number of aromatic nitrogens is 5. The largest absolute Gasteiger partial charge is 0.477 e. The molecule has 2 aliphatic rings. The molecule has 1 fully saturated rings. The maximum absolute atomic E-state index is 13.3. The highest BCUT2D eigenvalue weighted by molar-refractivity contribution is 8.01.